The van der Waals surface area contributed by atoms with Crippen LogP contribution in [0.25, 0.3) is 11.0 Å². The number of hydrogen-bond acceptors (Lipinski definition) is 2. The summed E-state index contributed by atoms with van der Waals surface area (Å²) in [5.41, 5.74) is 4.48. The lowest BCUT2D eigenvalue weighted by Gasteiger charge is -2.08. The molecule has 3 rings (SSSR count). The highest BCUT2D eigenvalue weighted by molar-refractivity contribution is 5.78. The Labute approximate surface area is 167 Å². The first-order valence-corrected chi connectivity index (χ1v) is 10.1. The summed E-state index contributed by atoms with van der Waals surface area (Å²) in [6, 6.07) is 16.3. The number of unbranched alkanes of at least 4 members (excludes halogenated alkanes) is 2. The van der Waals surface area contributed by atoms with Crippen molar-refractivity contribution >= 4 is 16.9 Å². The molecule has 0 atom stereocenters. The van der Waals surface area contributed by atoms with Crippen LogP contribution in [0.5, 0.6) is 0 Å². The van der Waals surface area contributed by atoms with Crippen LogP contribution in [0.1, 0.15) is 36.2 Å². The van der Waals surface area contributed by atoms with Gasteiger partial charge in [-0.05, 0) is 43.0 Å². The molecule has 0 saturated carbocycles. The van der Waals surface area contributed by atoms with Gasteiger partial charge in [0.15, 0.2) is 0 Å². The zero-order valence-corrected chi connectivity index (χ0v) is 16.7. The Morgan fingerprint density at radius 2 is 1.89 bits per heavy atom. The third kappa shape index (κ3) is 5.10. The van der Waals surface area contributed by atoms with Gasteiger partial charge in [0, 0.05) is 19.5 Å². The van der Waals surface area contributed by atoms with Gasteiger partial charge in [-0.2, -0.15) is 0 Å². The zero-order valence-electron chi connectivity index (χ0n) is 16.7. The van der Waals surface area contributed by atoms with Crippen molar-refractivity contribution in [3.63, 3.8) is 0 Å². The van der Waals surface area contributed by atoms with Gasteiger partial charge in [-0.25, -0.2) is 4.98 Å². The van der Waals surface area contributed by atoms with Crippen LogP contribution in [0, 0.1) is 6.92 Å². The monoisotopic (exact) mass is 375 g/mol. The van der Waals surface area contributed by atoms with Gasteiger partial charge < -0.3 is 9.88 Å². The van der Waals surface area contributed by atoms with Crippen molar-refractivity contribution in [1.29, 1.82) is 0 Å². The molecular weight excluding hydrogens is 346 g/mol. The van der Waals surface area contributed by atoms with Crippen LogP contribution in [0.3, 0.4) is 0 Å². The average Bonchev–Trinajstić information content (AvgIpc) is 3.04. The molecule has 0 bridgehead atoms. The molecule has 1 N–H and O–H groups in total. The number of hydrogen-bond donors (Lipinski definition) is 1. The molecule has 3 aromatic rings. The van der Waals surface area contributed by atoms with Crippen molar-refractivity contribution in [2.24, 2.45) is 0 Å². The van der Waals surface area contributed by atoms with Crippen LogP contribution >= 0.6 is 0 Å². The van der Waals surface area contributed by atoms with Gasteiger partial charge in [-0.3, -0.25) is 4.79 Å². The van der Waals surface area contributed by atoms with Crippen molar-refractivity contribution in [1.82, 2.24) is 14.9 Å². The standard InChI is InChI=1S/C24H29N3O/c1-3-17-27-22-14-9-8-13-21(22)26-23(27)15-5-4-10-16-25-24(28)18-20-12-7-6-11-19(20)2/h3,6-9,11-14H,1,4-5,10,15-18H2,2H3,(H,25,28). The van der Waals surface area contributed by atoms with E-state index >= 15 is 0 Å². The SMILES string of the molecule is C=CCn1c(CCCCCNC(=O)Cc2ccccc2C)nc2ccccc21. The molecule has 146 valence electrons. The number of fused-ring (bicyclic) bond motifs is 1. The van der Waals surface area contributed by atoms with Gasteiger partial charge in [0.25, 0.3) is 0 Å². The summed E-state index contributed by atoms with van der Waals surface area (Å²) in [7, 11) is 0. The minimum Gasteiger partial charge on any atom is -0.356 e. The lowest BCUT2D eigenvalue weighted by Crippen LogP contribution is -2.26. The summed E-state index contributed by atoms with van der Waals surface area (Å²) >= 11 is 0. The molecule has 0 fully saturated rings. The molecule has 1 amide bonds. The fourth-order valence-electron chi connectivity index (χ4n) is 3.51. The van der Waals surface area contributed by atoms with Gasteiger partial charge in [-0.15, -0.1) is 6.58 Å². The summed E-state index contributed by atoms with van der Waals surface area (Å²) < 4.78 is 2.24. The highest BCUT2D eigenvalue weighted by atomic mass is 16.1. The molecule has 1 aromatic heterocycles. The van der Waals surface area contributed by atoms with Crippen LogP contribution in [-0.2, 0) is 24.2 Å². The number of carbonyl (C=O) groups excluding carboxylic acids is 1. The number of imidazole rings is 1. The molecule has 2 aromatic carbocycles. The van der Waals surface area contributed by atoms with Crippen molar-refractivity contribution < 1.29 is 4.79 Å². The van der Waals surface area contributed by atoms with E-state index in [1.165, 1.54) is 11.1 Å². The number of aryl methyl sites for hydroxylation is 2. The second kappa shape index (κ2) is 9.88. The molecule has 0 saturated heterocycles. The van der Waals surface area contributed by atoms with Gasteiger partial charge in [0.2, 0.25) is 5.91 Å². The molecule has 1 heterocycles. The van der Waals surface area contributed by atoms with Gasteiger partial charge in [-0.1, -0.05) is 48.9 Å². The van der Waals surface area contributed by atoms with E-state index in [-0.39, 0.29) is 5.91 Å². The van der Waals surface area contributed by atoms with E-state index in [1.807, 2.05) is 49.4 Å². The fraction of sp³-hybridized carbons (Fsp3) is 0.333. The maximum absolute atomic E-state index is 12.1. The Bertz CT molecular complexity index is 942. The summed E-state index contributed by atoms with van der Waals surface area (Å²) in [6.07, 6.45) is 6.44. The molecule has 4 heteroatoms. The number of amides is 1. The fourth-order valence-corrected chi connectivity index (χ4v) is 3.51. The molecule has 4 nitrogen and oxygen atoms in total. The molecule has 0 aliphatic rings. The van der Waals surface area contributed by atoms with E-state index in [0.29, 0.717) is 6.42 Å². The molecular formula is C24H29N3O. The van der Waals surface area contributed by atoms with Gasteiger partial charge >= 0.3 is 0 Å². The van der Waals surface area contributed by atoms with E-state index < -0.39 is 0 Å². The zero-order chi connectivity index (χ0) is 19.8. The normalized spacial score (nSPS) is 10.9. The Morgan fingerprint density at radius 1 is 1.11 bits per heavy atom. The number of rotatable bonds is 10. The second-order valence-corrected chi connectivity index (χ2v) is 7.18. The minimum atomic E-state index is 0.0991. The van der Waals surface area contributed by atoms with Crippen molar-refractivity contribution in [2.45, 2.75) is 45.6 Å². The highest BCUT2D eigenvalue weighted by Crippen LogP contribution is 2.18. The van der Waals surface area contributed by atoms with E-state index in [9.17, 15) is 4.79 Å². The number of aromatic nitrogens is 2. The van der Waals surface area contributed by atoms with Crippen molar-refractivity contribution in [2.75, 3.05) is 6.54 Å². The van der Waals surface area contributed by atoms with Crippen molar-refractivity contribution in [3.8, 4) is 0 Å². The van der Waals surface area contributed by atoms with E-state index in [4.69, 9.17) is 4.98 Å². The Hall–Kier alpha value is -2.88. The first-order valence-electron chi connectivity index (χ1n) is 10.1. The number of para-hydroxylation sites is 2. The number of allylic oxidation sites excluding steroid dienone is 1. The molecule has 0 aliphatic heterocycles. The Balaban J connectivity index is 1.41. The number of benzene rings is 2. The summed E-state index contributed by atoms with van der Waals surface area (Å²) in [5.74, 6) is 1.21. The van der Waals surface area contributed by atoms with Crippen LogP contribution in [0.4, 0.5) is 0 Å². The van der Waals surface area contributed by atoms with Crippen LogP contribution in [0.15, 0.2) is 61.2 Å². The van der Waals surface area contributed by atoms with Crippen molar-refractivity contribution in [3.05, 3.63) is 78.1 Å². The van der Waals surface area contributed by atoms with Crippen LogP contribution in [0.2, 0.25) is 0 Å². The Morgan fingerprint density at radius 3 is 2.71 bits per heavy atom. The minimum absolute atomic E-state index is 0.0991. The maximum Gasteiger partial charge on any atom is 0.224 e. The third-order valence-electron chi connectivity index (χ3n) is 5.06. The molecule has 0 spiro atoms. The molecule has 28 heavy (non-hydrogen) atoms. The molecule has 0 aliphatic carbocycles. The summed E-state index contributed by atoms with van der Waals surface area (Å²) in [4.78, 5) is 16.9. The summed E-state index contributed by atoms with van der Waals surface area (Å²) in [6.45, 7) is 7.42. The smallest absolute Gasteiger partial charge is 0.224 e. The number of nitrogens with one attached hydrogen (secondary N) is 1. The predicted octanol–water partition coefficient (Wildman–Crippen LogP) is 4.60. The van der Waals surface area contributed by atoms with E-state index in [2.05, 4.69) is 28.6 Å². The van der Waals surface area contributed by atoms with E-state index in [1.54, 1.807) is 0 Å². The van der Waals surface area contributed by atoms with Crippen LogP contribution in [-0.4, -0.2) is 22.0 Å². The largest absolute Gasteiger partial charge is 0.356 e. The maximum atomic E-state index is 12.1. The molecule has 0 unspecified atom stereocenters. The Kier molecular flexibility index (Phi) is 7.01. The average molecular weight is 376 g/mol. The summed E-state index contributed by atoms with van der Waals surface area (Å²) in [5, 5.41) is 3.04. The molecule has 0 radical (unpaired) electrons. The lowest BCUT2D eigenvalue weighted by atomic mass is 10.1. The topological polar surface area (TPSA) is 46.9 Å². The third-order valence-corrected chi connectivity index (χ3v) is 5.06. The first-order chi connectivity index (χ1) is 13.7. The number of nitrogens with zero attached hydrogens (tertiary/aromatic N) is 2. The van der Waals surface area contributed by atoms with Gasteiger partial charge in [0.1, 0.15) is 5.82 Å². The second-order valence-electron chi connectivity index (χ2n) is 7.18. The number of carbonyl (C=O) groups is 1. The first kappa shape index (κ1) is 19.9. The van der Waals surface area contributed by atoms with E-state index in [0.717, 1.165) is 55.7 Å². The lowest BCUT2D eigenvalue weighted by molar-refractivity contribution is -0.120. The quantitative estimate of drug-likeness (QED) is 0.416. The van der Waals surface area contributed by atoms with Crippen LogP contribution < -0.4 is 5.32 Å². The predicted molar refractivity (Wildman–Crippen MR) is 115 cm³/mol. The van der Waals surface area contributed by atoms with Gasteiger partial charge in [0.05, 0.1) is 17.5 Å². The highest BCUT2D eigenvalue weighted by Gasteiger charge is 2.09.